The van der Waals surface area contributed by atoms with E-state index in [9.17, 15) is 0 Å². The van der Waals surface area contributed by atoms with Crippen LogP contribution < -0.4 is 0 Å². The molecule has 0 aromatic heterocycles. The van der Waals surface area contributed by atoms with Crippen LogP contribution in [0.3, 0.4) is 0 Å². The van der Waals surface area contributed by atoms with Gasteiger partial charge in [0.1, 0.15) is 0 Å². The molecule has 0 aromatic carbocycles. The van der Waals surface area contributed by atoms with Crippen LogP contribution in [0.25, 0.3) is 0 Å². The van der Waals surface area contributed by atoms with Crippen molar-refractivity contribution in [1.82, 2.24) is 0 Å². The first kappa shape index (κ1) is 27.1. The molecule has 4 heteroatoms. The zero-order valence-electron chi connectivity index (χ0n) is 19.2. The first-order chi connectivity index (χ1) is 13.2. The molecule has 0 spiro atoms. The molecule has 0 aliphatic heterocycles. The Labute approximate surface area is 172 Å². The molecule has 0 saturated carbocycles. The SMILES string of the molecule is CCCCCCCCCCC[Si](OCCCC)(OCCCC)OCCCC. The summed E-state index contributed by atoms with van der Waals surface area (Å²) in [5.41, 5.74) is 0. The lowest BCUT2D eigenvalue weighted by Gasteiger charge is -2.30. The summed E-state index contributed by atoms with van der Waals surface area (Å²) in [5.74, 6) is 0. The highest BCUT2D eigenvalue weighted by Crippen LogP contribution is 2.22. The lowest BCUT2D eigenvalue weighted by Crippen LogP contribution is -2.46. The highest BCUT2D eigenvalue weighted by molar-refractivity contribution is 6.60. The van der Waals surface area contributed by atoms with E-state index in [0.29, 0.717) is 0 Å². The third kappa shape index (κ3) is 16.7. The fraction of sp³-hybridized carbons (Fsp3) is 1.00. The van der Waals surface area contributed by atoms with Crippen molar-refractivity contribution >= 4 is 8.80 Å². The molecule has 3 nitrogen and oxygen atoms in total. The van der Waals surface area contributed by atoms with Gasteiger partial charge in [0.15, 0.2) is 0 Å². The second-order valence-corrected chi connectivity index (χ2v) is 10.6. The first-order valence-electron chi connectivity index (χ1n) is 12.2. The molecule has 0 saturated heterocycles. The Morgan fingerprint density at radius 3 is 1.11 bits per heavy atom. The van der Waals surface area contributed by atoms with Crippen LogP contribution in [0.4, 0.5) is 0 Å². The summed E-state index contributed by atoms with van der Waals surface area (Å²) in [5, 5.41) is 0. The van der Waals surface area contributed by atoms with Gasteiger partial charge in [0.2, 0.25) is 0 Å². The smallest absolute Gasteiger partial charge is 0.373 e. The van der Waals surface area contributed by atoms with E-state index in [-0.39, 0.29) is 0 Å². The normalized spacial score (nSPS) is 12.0. The average molecular weight is 403 g/mol. The van der Waals surface area contributed by atoms with Crippen molar-refractivity contribution in [2.24, 2.45) is 0 Å². The fourth-order valence-corrected chi connectivity index (χ4v) is 5.84. The summed E-state index contributed by atoms with van der Waals surface area (Å²) in [6.45, 7) is 11.3. The lowest BCUT2D eigenvalue weighted by atomic mass is 10.1. The van der Waals surface area contributed by atoms with Gasteiger partial charge in [0, 0.05) is 25.9 Å². The van der Waals surface area contributed by atoms with E-state index >= 15 is 0 Å². The lowest BCUT2D eigenvalue weighted by molar-refractivity contribution is 0.0557. The van der Waals surface area contributed by atoms with Crippen LogP contribution in [0, 0.1) is 0 Å². The second kappa shape index (κ2) is 20.8. The molecule has 0 atom stereocenters. The van der Waals surface area contributed by atoms with E-state index in [2.05, 4.69) is 27.7 Å². The minimum Gasteiger partial charge on any atom is -0.373 e. The van der Waals surface area contributed by atoms with Gasteiger partial charge in [0.05, 0.1) is 0 Å². The maximum Gasteiger partial charge on any atom is 0.500 e. The van der Waals surface area contributed by atoms with Gasteiger partial charge in [-0.05, 0) is 25.7 Å². The van der Waals surface area contributed by atoms with Crippen molar-refractivity contribution in [3.05, 3.63) is 0 Å². The molecule has 0 heterocycles. The third-order valence-corrected chi connectivity index (χ3v) is 7.94. The molecule has 27 heavy (non-hydrogen) atoms. The Kier molecular flexibility index (Phi) is 20.9. The summed E-state index contributed by atoms with van der Waals surface area (Å²) < 4.78 is 19.0. The maximum atomic E-state index is 6.33. The predicted molar refractivity (Wildman–Crippen MR) is 120 cm³/mol. The van der Waals surface area contributed by atoms with Gasteiger partial charge >= 0.3 is 8.80 Å². The molecule has 0 amide bonds. The average Bonchev–Trinajstić information content (AvgIpc) is 2.67. The van der Waals surface area contributed by atoms with Crippen LogP contribution in [-0.4, -0.2) is 28.6 Å². The zero-order valence-corrected chi connectivity index (χ0v) is 20.2. The van der Waals surface area contributed by atoms with Gasteiger partial charge in [-0.3, -0.25) is 0 Å². The minimum absolute atomic E-state index is 0.790. The quantitative estimate of drug-likeness (QED) is 0.136. The van der Waals surface area contributed by atoms with E-state index in [1.54, 1.807) is 0 Å². The standard InChI is InChI=1S/C23H50O3Si/c1-5-9-13-14-15-16-17-18-19-23-27(24-20-10-6-2,25-21-11-7-3)26-22-12-8-4/h5-23H2,1-4H3. The number of rotatable bonds is 22. The Morgan fingerprint density at radius 1 is 0.407 bits per heavy atom. The molecular weight excluding hydrogens is 352 g/mol. The Hall–Kier alpha value is 0.0969. The van der Waals surface area contributed by atoms with Gasteiger partial charge in [-0.15, -0.1) is 0 Å². The summed E-state index contributed by atoms with van der Waals surface area (Å²) in [6.07, 6.45) is 18.9. The number of unbranched alkanes of at least 4 members (excludes halogenated alkanes) is 11. The number of hydrogen-bond acceptors (Lipinski definition) is 3. The zero-order chi connectivity index (χ0) is 20.1. The monoisotopic (exact) mass is 402 g/mol. The number of hydrogen-bond donors (Lipinski definition) is 0. The molecule has 0 aliphatic rings. The van der Waals surface area contributed by atoms with E-state index in [1.165, 1.54) is 57.8 Å². The second-order valence-electron chi connectivity index (χ2n) is 7.87. The largest absolute Gasteiger partial charge is 0.500 e. The van der Waals surface area contributed by atoms with Crippen LogP contribution in [0.1, 0.15) is 124 Å². The highest BCUT2D eigenvalue weighted by Gasteiger charge is 2.40. The molecule has 0 aromatic rings. The van der Waals surface area contributed by atoms with Crippen molar-refractivity contribution in [2.75, 3.05) is 19.8 Å². The maximum absolute atomic E-state index is 6.33. The van der Waals surface area contributed by atoms with Gasteiger partial charge in [-0.25, -0.2) is 0 Å². The molecule has 164 valence electrons. The van der Waals surface area contributed by atoms with Crippen LogP contribution in [0.15, 0.2) is 0 Å². The van der Waals surface area contributed by atoms with E-state index < -0.39 is 8.80 Å². The van der Waals surface area contributed by atoms with Crippen LogP contribution in [0.5, 0.6) is 0 Å². The van der Waals surface area contributed by atoms with Crippen LogP contribution in [-0.2, 0) is 13.3 Å². The van der Waals surface area contributed by atoms with Crippen LogP contribution in [0.2, 0.25) is 6.04 Å². The molecule has 0 bridgehead atoms. The van der Waals surface area contributed by atoms with Gasteiger partial charge in [0.25, 0.3) is 0 Å². The topological polar surface area (TPSA) is 27.7 Å². The van der Waals surface area contributed by atoms with Gasteiger partial charge in [-0.2, -0.15) is 0 Å². The molecular formula is C23H50O3Si. The molecule has 0 unspecified atom stereocenters. The molecule has 0 rings (SSSR count). The third-order valence-electron chi connectivity index (χ3n) is 5.05. The molecule has 0 radical (unpaired) electrons. The van der Waals surface area contributed by atoms with E-state index in [4.69, 9.17) is 13.3 Å². The van der Waals surface area contributed by atoms with Gasteiger partial charge < -0.3 is 13.3 Å². The Morgan fingerprint density at radius 2 is 0.741 bits per heavy atom. The molecule has 0 N–H and O–H groups in total. The Bertz CT molecular complexity index is 260. The van der Waals surface area contributed by atoms with Crippen molar-refractivity contribution in [3.8, 4) is 0 Å². The summed E-state index contributed by atoms with van der Waals surface area (Å²) >= 11 is 0. The highest BCUT2D eigenvalue weighted by atomic mass is 28.4. The summed E-state index contributed by atoms with van der Waals surface area (Å²) in [4.78, 5) is 0. The molecule has 0 fully saturated rings. The minimum atomic E-state index is -2.49. The van der Waals surface area contributed by atoms with Crippen molar-refractivity contribution in [1.29, 1.82) is 0 Å². The molecule has 0 aliphatic carbocycles. The predicted octanol–water partition coefficient (Wildman–Crippen LogP) is 7.91. The summed E-state index contributed by atoms with van der Waals surface area (Å²) in [6, 6.07) is 1.000. The van der Waals surface area contributed by atoms with Crippen LogP contribution >= 0.6 is 0 Å². The van der Waals surface area contributed by atoms with Crippen molar-refractivity contribution in [3.63, 3.8) is 0 Å². The van der Waals surface area contributed by atoms with Crippen molar-refractivity contribution < 1.29 is 13.3 Å². The fourth-order valence-electron chi connectivity index (χ4n) is 3.11. The van der Waals surface area contributed by atoms with E-state index in [1.807, 2.05) is 0 Å². The summed E-state index contributed by atoms with van der Waals surface area (Å²) in [7, 11) is -2.49. The van der Waals surface area contributed by atoms with E-state index in [0.717, 1.165) is 64.4 Å². The van der Waals surface area contributed by atoms with Crippen molar-refractivity contribution in [2.45, 2.75) is 130 Å². The van der Waals surface area contributed by atoms with Gasteiger partial charge in [-0.1, -0.05) is 98.3 Å². The Balaban J connectivity index is 4.32. The first-order valence-corrected chi connectivity index (χ1v) is 14.1.